The summed E-state index contributed by atoms with van der Waals surface area (Å²) in [4.78, 5) is 10.4. The highest BCUT2D eigenvalue weighted by Gasteiger charge is 2.16. The molecule has 2 heteroatoms. The second-order valence-electron chi connectivity index (χ2n) is 13.7. The monoisotopic (exact) mass is 686 g/mol. The highest BCUT2D eigenvalue weighted by molar-refractivity contribution is 6.20. The number of benzene rings is 9. The Labute approximate surface area is 314 Å². The van der Waals surface area contributed by atoms with Crippen molar-refractivity contribution >= 4 is 32.3 Å². The van der Waals surface area contributed by atoms with Crippen LogP contribution in [0.4, 0.5) is 0 Å². The average Bonchev–Trinajstić information content (AvgIpc) is 3.26. The molecule has 0 unspecified atom stereocenters. The summed E-state index contributed by atoms with van der Waals surface area (Å²) in [6.07, 6.45) is 0. The zero-order chi connectivity index (χ0) is 35.8. The molecule has 252 valence electrons. The predicted molar refractivity (Wildman–Crippen MR) is 227 cm³/mol. The quantitative estimate of drug-likeness (QED) is 0.129. The number of hydrogen-bond acceptors (Lipinski definition) is 2. The molecule has 0 bridgehead atoms. The molecule has 0 amide bonds. The number of rotatable bonds is 6. The Morgan fingerprint density at radius 1 is 0.259 bits per heavy atom. The molecule has 0 spiro atoms. The van der Waals surface area contributed by atoms with Crippen LogP contribution in [0, 0.1) is 0 Å². The van der Waals surface area contributed by atoms with Crippen molar-refractivity contribution in [3.63, 3.8) is 0 Å². The summed E-state index contributed by atoms with van der Waals surface area (Å²) in [6, 6.07) is 73.4. The van der Waals surface area contributed by atoms with E-state index in [9.17, 15) is 0 Å². The molecule has 0 radical (unpaired) electrons. The molecular weight excluding hydrogens is 653 g/mol. The Morgan fingerprint density at radius 3 is 1.56 bits per heavy atom. The molecule has 1 heterocycles. The first kappa shape index (κ1) is 31.6. The number of aromatic nitrogens is 2. The maximum atomic E-state index is 5.28. The lowest BCUT2D eigenvalue weighted by atomic mass is 9.89. The molecule has 10 rings (SSSR count). The molecule has 0 fully saturated rings. The van der Waals surface area contributed by atoms with Crippen LogP contribution in [-0.2, 0) is 0 Å². The Morgan fingerprint density at radius 2 is 0.796 bits per heavy atom. The third kappa shape index (κ3) is 5.71. The van der Waals surface area contributed by atoms with Crippen molar-refractivity contribution in [1.82, 2.24) is 9.97 Å². The van der Waals surface area contributed by atoms with Gasteiger partial charge in [-0.05, 0) is 77.8 Å². The molecule has 9 aromatic carbocycles. The molecule has 0 saturated heterocycles. The average molecular weight is 687 g/mol. The third-order valence-corrected chi connectivity index (χ3v) is 10.5. The van der Waals surface area contributed by atoms with Gasteiger partial charge in [0.25, 0.3) is 0 Å². The maximum Gasteiger partial charge on any atom is 0.160 e. The lowest BCUT2D eigenvalue weighted by Crippen LogP contribution is -1.97. The zero-order valence-corrected chi connectivity index (χ0v) is 29.5. The minimum atomic E-state index is 0.695. The van der Waals surface area contributed by atoms with Crippen LogP contribution in [0.15, 0.2) is 206 Å². The van der Waals surface area contributed by atoms with Crippen LogP contribution in [0.5, 0.6) is 0 Å². The van der Waals surface area contributed by atoms with Gasteiger partial charge in [-0.1, -0.05) is 194 Å². The van der Waals surface area contributed by atoms with Crippen LogP contribution in [0.2, 0.25) is 0 Å². The summed E-state index contributed by atoms with van der Waals surface area (Å²) < 4.78 is 0. The lowest BCUT2D eigenvalue weighted by Gasteiger charge is -2.15. The van der Waals surface area contributed by atoms with Crippen LogP contribution in [-0.4, -0.2) is 9.97 Å². The van der Waals surface area contributed by atoms with Crippen molar-refractivity contribution in [1.29, 1.82) is 0 Å². The van der Waals surface area contributed by atoms with Crippen LogP contribution in [0.25, 0.3) is 99.6 Å². The van der Waals surface area contributed by atoms with E-state index in [-0.39, 0.29) is 0 Å². The van der Waals surface area contributed by atoms with E-state index in [1.807, 2.05) is 6.07 Å². The van der Waals surface area contributed by atoms with Crippen LogP contribution < -0.4 is 0 Å². The van der Waals surface area contributed by atoms with Gasteiger partial charge in [0, 0.05) is 16.7 Å². The third-order valence-electron chi connectivity index (χ3n) is 10.5. The van der Waals surface area contributed by atoms with Gasteiger partial charge >= 0.3 is 0 Å². The highest BCUT2D eigenvalue weighted by atomic mass is 14.9. The second-order valence-corrected chi connectivity index (χ2v) is 13.7. The summed E-state index contributed by atoms with van der Waals surface area (Å²) >= 11 is 0. The van der Waals surface area contributed by atoms with Gasteiger partial charge in [-0.3, -0.25) is 0 Å². The molecule has 2 nitrogen and oxygen atoms in total. The topological polar surface area (TPSA) is 25.8 Å². The normalized spacial score (nSPS) is 11.3. The fraction of sp³-hybridized carbons (Fsp3) is 0. The summed E-state index contributed by atoms with van der Waals surface area (Å²) in [5.41, 5.74) is 12.0. The van der Waals surface area contributed by atoms with E-state index in [4.69, 9.17) is 9.97 Å². The van der Waals surface area contributed by atoms with Crippen molar-refractivity contribution in [2.45, 2.75) is 0 Å². The molecule has 54 heavy (non-hydrogen) atoms. The number of hydrogen-bond donors (Lipinski definition) is 0. The molecule has 0 aliphatic carbocycles. The van der Waals surface area contributed by atoms with Crippen LogP contribution in [0.3, 0.4) is 0 Å². The molecule has 0 aliphatic heterocycles. The Kier molecular flexibility index (Phi) is 7.85. The first-order valence-electron chi connectivity index (χ1n) is 18.4. The summed E-state index contributed by atoms with van der Waals surface area (Å²) in [5, 5.41) is 7.51. The number of nitrogens with zero attached hydrogens (tertiary/aromatic N) is 2. The first-order chi connectivity index (χ1) is 26.8. The first-order valence-corrected chi connectivity index (χ1v) is 18.4. The van der Waals surface area contributed by atoms with Crippen molar-refractivity contribution in [2.24, 2.45) is 0 Å². The van der Waals surface area contributed by atoms with Gasteiger partial charge in [0.15, 0.2) is 5.82 Å². The van der Waals surface area contributed by atoms with Gasteiger partial charge < -0.3 is 0 Å². The predicted octanol–water partition coefficient (Wildman–Crippen LogP) is 13.9. The second kappa shape index (κ2) is 13.4. The Hall–Kier alpha value is -7.16. The maximum absolute atomic E-state index is 5.28. The summed E-state index contributed by atoms with van der Waals surface area (Å²) in [6.45, 7) is 0. The SMILES string of the molecule is c1ccc(-c2ccc(-c3ccccc3-c3cc(-c4ccccc4)nc(-c4ccc(-c5c6ccccc6cc6c5ccc5ccccc56)cc4)n3)cc2)cc1. The largest absolute Gasteiger partial charge is 0.228 e. The van der Waals surface area contributed by atoms with Gasteiger partial charge in [-0.2, -0.15) is 0 Å². The molecule has 0 saturated carbocycles. The van der Waals surface area contributed by atoms with Gasteiger partial charge in [-0.25, -0.2) is 9.97 Å². The van der Waals surface area contributed by atoms with Gasteiger partial charge in [0.1, 0.15) is 0 Å². The standard InChI is InChI=1S/C52H34N2/c1-3-13-35(14-4-1)36-23-25-38(26-24-36)43-19-11-12-22-46(43)50-34-49(39-16-5-2-6-17-39)53-52(54-50)41-29-27-40(28-30-41)51-45-21-10-8-18-42(45)33-48-44-20-9-7-15-37(44)31-32-47(48)51/h1-34H. The van der Waals surface area contributed by atoms with Crippen LogP contribution >= 0.6 is 0 Å². The fourth-order valence-corrected chi connectivity index (χ4v) is 7.82. The smallest absolute Gasteiger partial charge is 0.160 e. The minimum absolute atomic E-state index is 0.695. The summed E-state index contributed by atoms with van der Waals surface area (Å²) in [7, 11) is 0. The molecule has 1 aromatic heterocycles. The van der Waals surface area contributed by atoms with E-state index in [1.54, 1.807) is 0 Å². The van der Waals surface area contributed by atoms with Crippen molar-refractivity contribution in [3.8, 4) is 67.3 Å². The Bertz CT molecular complexity index is 2950. The van der Waals surface area contributed by atoms with Gasteiger partial charge in [-0.15, -0.1) is 0 Å². The Balaban J connectivity index is 1.10. The summed E-state index contributed by atoms with van der Waals surface area (Å²) in [5.74, 6) is 0.695. The number of fused-ring (bicyclic) bond motifs is 4. The molecule has 10 aromatic rings. The van der Waals surface area contributed by atoms with E-state index >= 15 is 0 Å². The van der Waals surface area contributed by atoms with Crippen molar-refractivity contribution in [2.75, 3.05) is 0 Å². The molecule has 0 atom stereocenters. The lowest BCUT2D eigenvalue weighted by molar-refractivity contribution is 1.18. The minimum Gasteiger partial charge on any atom is -0.228 e. The van der Waals surface area contributed by atoms with Gasteiger partial charge in [0.05, 0.1) is 11.4 Å². The molecular formula is C52H34N2. The van der Waals surface area contributed by atoms with Crippen molar-refractivity contribution in [3.05, 3.63) is 206 Å². The van der Waals surface area contributed by atoms with E-state index in [2.05, 4.69) is 200 Å². The van der Waals surface area contributed by atoms with Gasteiger partial charge in [0.2, 0.25) is 0 Å². The van der Waals surface area contributed by atoms with E-state index in [1.165, 1.54) is 54.6 Å². The van der Waals surface area contributed by atoms with E-state index < -0.39 is 0 Å². The molecule has 0 N–H and O–H groups in total. The van der Waals surface area contributed by atoms with E-state index in [0.29, 0.717) is 5.82 Å². The molecule has 0 aliphatic rings. The van der Waals surface area contributed by atoms with Crippen LogP contribution in [0.1, 0.15) is 0 Å². The van der Waals surface area contributed by atoms with E-state index in [0.717, 1.165) is 39.2 Å². The fourth-order valence-electron chi connectivity index (χ4n) is 7.82. The van der Waals surface area contributed by atoms with Crippen molar-refractivity contribution < 1.29 is 0 Å². The zero-order valence-electron chi connectivity index (χ0n) is 29.5. The highest BCUT2D eigenvalue weighted by Crippen LogP contribution is 2.40.